The number of aryl methyl sites for hydroxylation is 1. The van der Waals surface area contributed by atoms with Crippen molar-refractivity contribution in [1.29, 1.82) is 0 Å². The Morgan fingerprint density at radius 1 is 1.26 bits per heavy atom. The molecule has 2 atom stereocenters. The van der Waals surface area contributed by atoms with E-state index in [1.165, 1.54) is 4.90 Å². The molecule has 3 fully saturated rings. The number of rotatable bonds is 2. The molecule has 0 aromatic carbocycles. The Bertz CT molecular complexity index is 714. The zero-order valence-corrected chi connectivity index (χ0v) is 13.2. The van der Waals surface area contributed by atoms with Crippen molar-refractivity contribution in [3.63, 3.8) is 0 Å². The standard InChI is InChI=1S/C15H19N5O3/c1-15-5-3-6-19(15)14(23)20(13(15)22)11-4-7-18(12(11)21)10-8-16-17(2)9-10/h8-9,11H,3-7H2,1-2H3/t11-,15+/m1/s1. The normalized spacial score (nSPS) is 30.8. The van der Waals surface area contributed by atoms with Gasteiger partial charge in [0.05, 0.1) is 11.9 Å². The maximum absolute atomic E-state index is 12.8. The molecule has 0 N–H and O–H groups in total. The lowest BCUT2D eigenvalue weighted by molar-refractivity contribution is -0.136. The number of nitrogens with zero attached hydrogens (tertiary/aromatic N) is 5. The molecule has 8 nitrogen and oxygen atoms in total. The molecule has 0 unspecified atom stereocenters. The third kappa shape index (κ3) is 1.77. The predicted octanol–water partition coefficient (Wildman–Crippen LogP) is 0.342. The van der Waals surface area contributed by atoms with Crippen LogP contribution in [0, 0.1) is 0 Å². The molecular weight excluding hydrogens is 298 g/mol. The van der Waals surface area contributed by atoms with Crippen LogP contribution in [0.25, 0.3) is 0 Å². The first-order valence-electron chi connectivity index (χ1n) is 7.89. The zero-order valence-electron chi connectivity index (χ0n) is 13.2. The second-order valence-corrected chi connectivity index (χ2v) is 6.65. The van der Waals surface area contributed by atoms with Gasteiger partial charge in [0.2, 0.25) is 0 Å². The molecule has 8 heteroatoms. The SMILES string of the molecule is Cn1cc(N2CC[C@@H](N3C(=O)N4CCC[C@@]4(C)C3=O)C2=O)cn1. The summed E-state index contributed by atoms with van der Waals surface area (Å²) in [5, 5.41) is 4.07. The molecule has 4 rings (SSSR count). The van der Waals surface area contributed by atoms with Gasteiger partial charge >= 0.3 is 6.03 Å². The molecule has 0 spiro atoms. The molecule has 3 aliphatic heterocycles. The number of urea groups is 1. The Morgan fingerprint density at radius 2 is 2.04 bits per heavy atom. The quantitative estimate of drug-likeness (QED) is 0.737. The fourth-order valence-corrected chi connectivity index (χ4v) is 3.95. The molecule has 23 heavy (non-hydrogen) atoms. The van der Waals surface area contributed by atoms with Gasteiger partial charge in [-0.05, 0) is 26.2 Å². The van der Waals surface area contributed by atoms with Crippen LogP contribution in [-0.2, 0) is 16.6 Å². The van der Waals surface area contributed by atoms with Gasteiger partial charge in [0.1, 0.15) is 11.6 Å². The highest BCUT2D eigenvalue weighted by atomic mass is 16.2. The van der Waals surface area contributed by atoms with E-state index in [1.54, 1.807) is 40.8 Å². The van der Waals surface area contributed by atoms with Crippen molar-refractivity contribution in [1.82, 2.24) is 19.6 Å². The van der Waals surface area contributed by atoms with Gasteiger partial charge < -0.3 is 9.80 Å². The van der Waals surface area contributed by atoms with E-state index < -0.39 is 11.6 Å². The number of hydrogen-bond acceptors (Lipinski definition) is 4. The average Bonchev–Trinajstić information content (AvgIpc) is 3.22. The molecule has 1 aromatic rings. The first kappa shape index (κ1) is 14.2. The topological polar surface area (TPSA) is 78.8 Å². The zero-order chi connectivity index (χ0) is 16.4. The number of fused-ring (bicyclic) bond motifs is 1. The van der Waals surface area contributed by atoms with E-state index in [4.69, 9.17) is 0 Å². The van der Waals surface area contributed by atoms with Gasteiger partial charge in [-0.15, -0.1) is 0 Å². The summed E-state index contributed by atoms with van der Waals surface area (Å²) in [5.41, 5.74) is -0.0650. The van der Waals surface area contributed by atoms with Crippen molar-refractivity contribution < 1.29 is 14.4 Å². The number of hydrogen-bond donors (Lipinski definition) is 0. The summed E-state index contributed by atoms with van der Waals surface area (Å²) in [5.74, 6) is -0.434. The van der Waals surface area contributed by atoms with Crippen molar-refractivity contribution in [3.8, 4) is 0 Å². The van der Waals surface area contributed by atoms with Crippen LogP contribution in [-0.4, -0.2) is 62.1 Å². The van der Waals surface area contributed by atoms with E-state index in [9.17, 15) is 14.4 Å². The largest absolute Gasteiger partial charge is 0.328 e. The molecule has 3 saturated heterocycles. The highest BCUT2D eigenvalue weighted by Crippen LogP contribution is 2.39. The number of carbonyl (C=O) groups is 3. The van der Waals surface area contributed by atoms with Crippen molar-refractivity contribution >= 4 is 23.5 Å². The number of imide groups is 1. The third-order valence-electron chi connectivity index (χ3n) is 5.25. The van der Waals surface area contributed by atoms with E-state index in [0.717, 1.165) is 6.42 Å². The smallest absolute Gasteiger partial charge is 0.310 e. The van der Waals surface area contributed by atoms with Crippen LogP contribution < -0.4 is 4.90 Å². The molecule has 1 aromatic heterocycles. The van der Waals surface area contributed by atoms with Crippen LogP contribution in [0.5, 0.6) is 0 Å². The van der Waals surface area contributed by atoms with Crippen LogP contribution >= 0.6 is 0 Å². The lowest BCUT2D eigenvalue weighted by Crippen LogP contribution is -2.47. The predicted molar refractivity (Wildman–Crippen MR) is 80.6 cm³/mol. The summed E-state index contributed by atoms with van der Waals surface area (Å²) in [6.07, 6.45) is 5.35. The Kier molecular flexibility index (Phi) is 2.82. The molecule has 3 aliphatic rings. The second kappa shape index (κ2) is 4.56. The van der Waals surface area contributed by atoms with Crippen molar-refractivity contribution in [2.75, 3.05) is 18.0 Å². The Morgan fingerprint density at radius 3 is 2.70 bits per heavy atom. The molecule has 4 heterocycles. The van der Waals surface area contributed by atoms with Crippen LogP contribution in [0.4, 0.5) is 10.5 Å². The Hall–Kier alpha value is -2.38. The maximum Gasteiger partial charge on any atom is 0.328 e. The fourth-order valence-electron chi connectivity index (χ4n) is 3.95. The second-order valence-electron chi connectivity index (χ2n) is 6.65. The summed E-state index contributed by atoms with van der Waals surface area (Å²) in [7, 11) is 1.78. The number of carbonyl (C=O) groups excluding carboxylic acids is 3. The highest BCUT2D eigenvalue weighted by Gasteiger charge is 2.60. The molecule has 4 amide bonds. The highest BCUT2D eigenvalue weighted by molar-refractivity contribution is 6.12. The summed E-state index contributed by atoms with van der Waals surface area (Å²) < 4.78 is 1.62. The van der Waals surface area contributed by atoms with E-state index in [2.05, 4.69) is 5.10 Å². The fraction of sp³-hybridized carbons (Fsp3) is 0.600. The molecular formula is C15H19N5O3. The van der Waals surface area contributed by atoms with Gasteiger partial charge in [0.15, 0.2) is 0 Å². The summed E-state index contributed by atoms with van der Waals surface area (Å²) >= 11 is 0. The maximum atomic E-state index is 12.8. The minimum absolute atomic E-state index is 0.204. The minimum Gasteiger partial charge on any atom is -0.310 e. The van der Waals surface area contributed by atoms with Crippen LogP contribution in [0.1, 0.15) is 26.2 Å². The molecule has 0 radical (unpaired) electrons. The van der Waals surface area contributed by atoms with Gasteiger partial charge in [-0.25, -0.2) is 9.69 Å². The van der Waals surface area contributed by atoms with Gasteiger partial charge in [0, 0.05) is 26.3 Å². The molecule has 0 bridgehead atoms. The van der Waals surface area contributed by atoms with Crippen LogP contribution in [0.3, 0.4) is 0 Å². The van der Waals surface area contributed by atoms with E-state index in [1.807, 2.05) is 0 Å². The third-order valence-corrected chi connectivity index (χ3v) is 5.25. The molecule has 122 valence electrons. The summed E-state index contributed by atoms with van der Waals surface area (Å²) in [6.45, 7) is 2.88. The lowest BCUT2D eigenvalue weighted by Gasteiger charge is -2.22. The Balaban J connectivity index is 1.61. The lowest BCUT2D eigenvalue weighted by atomic mass is 9.99. The van der Waals surface area contributed by atoms with Crippen LogP contribution in [0.15, 0.2) is 12.4 Å². The number of anilines is 1. The first-order valence-corrected chi connectivity index (χ1v) is 7.89. The first-order chi connectivity index (χ1) is 10.9. The molecule has 0 saturated carbocycles. The van der Waals surface area contributed by atoms with E-state index in [0.29, 0.717) is 31.6 Å². The van der Waals surface area contributed by atoms with Crippen molar-refractivity contribution in [2.45, 2.75) is 37.8 Å². The average molecular weight is 317 g/mol. The minimum atomic E-state index is -0.765. The summed E-state index contributed by atoms with van der Waals surface area (Å²) in [4.78, 5) is 42.6. The van der Waals surface area contributed by atoms with E-state index >= 15 is 0 Å². The van der Waals surface area contributed by atoms with Gasteiger partial charge in [-0.1, -0.05) is 0 Å². The van der Waals surface area contributed by atoms with Crippen molar-refractivity contribution in [2.24, 2.45) is 7.05 Å². The van der Waals surface area contributed by atoms with Crippen molar-refractivity contribution in [3.05, 3.63) is 12.4 Å². The monoisotopic (exact) mass is 317 g/mol. The van der Waals surface area contributed by atoms with Gasteiger partial charge in [0.25, 0.3) is 11.8 Å². The number of aromatic nitrogens is 2. The van der Waals surface area contributed by atoms with Crippen LogP contribution in [0.2, 0.25) is 0 Å². The summed E-state index contributed by atoms with van der Waals surface area (Å²) in [6, 6.07) is -1.01. The van der Waals surface area contributed by atoms with E-state index in [-0.39, 0.29) is 17.8 Å². The molecule has 0 aliphatic carbocycles. The van der Waals surface area contributed by atoms with Gasteiger partial charge in [-0.2, -0.15) is 5.10 Å². The number of amides is 4. The Labute approximate surface area is 133 Å². The van der Waals surface area contributed by atoms with Gasteiger partial charge in [-0.3, -0.25) is 14.3 Å².